The molecule has 172 valence electrons. The zero-order chi connectivity index (χ0) is 24.6. The van der Waals surface area contributed by atoms with E-state index in [2.05, 4.69) is 0 Å². The number of halogens is 4. The van der Waals surface area contributed by atoms with Crippen LogP contribution in [0.15, 0.2) is 27.8 Å². The van der Waals surface area contributed by atoms with E-state index in [0.717, 1.165) is 7.11 Å². The molecular weight excluding hydrogens is 464 g/mol. The molecule has 1 aromatic heterocycles. The number of amides is 1. The highest BCUT2D eigenvalue weighted by molar-refractivity contribution is 7.89. The smallest absolute Gasteiger partial charge is 0.367 e. The van der Waals surface area contributed by atoms with E-state index in [1.165, 1.54) is 0 Å². The fourth-order valence-corrected chi connectivity index (χ4v) is 3.27. The van der Waals surface area contributed by atoms with Crippen LogP contribution in [0.3, 0.4) is 0 Å². The lowest BCUT2D eigenvalue weighted by atomic mass is 10.0. The largest absolute Gasteiger partial charge is 0.431 e. The lowest BCUT2D eigenvalue weighted by Crippen LogP contribution is -2.41. The Labute approximate surface area is 177 Å². The van der Waals surface area contributed by atoms with E-state index in [1.54, 1.807) is 10.8 Å². The molecule has 0 aliphatic rings. The van der Waals surface area contributed by atoms with Gasteiger partial charge in [-0.25, -0.2) is 22.2 Å². The van der Waals surface area contributed by atoms with Gasteiger partial charge in [-0.1, -0.05) is 0 Å². The van der Waals surface area contributed by atoms with Crippen molar-refractivity contribution in [2.75, 3.05) is 13.4 Å². The van der Waals surface area contributed by atoms with Crippen LogP contribution in [0.4, 0.5) is 17.6 Å². The minimum Gasteiger partial charge on any atom is -0.367 e. The molecule has 0 saturated heterocycles. The van der Waals surface area contributed by atoms with E-state index in [-0.39, 0.29) is 15.2 Å². The third-order valence-corrected chi connectivity index (χ3v) is 4.71. The van der Waals surface area contributed by atoms with Crippen molar-refractivity contribution in [3.8, 4) is 11.8 Å². The summed E-state index contributed by atoms with van der Waals surface area (Å²) in [7, 11) is -2.40. The summed E-state index contributed by atoms with van der Waals surface area (Å²) in [5.41, 5.74) is -6.52. The van der Waals surface area contributed by atoms with Crippen LogP contribution in [-0.4, -0.2) is 36.8 Å². The van der Waals surface area contributed by atoms with Crippen LogP contribution in [0.25, 0.3) is 5.69 Å². The maximum absolute atomic E-state index is 14.7. The predicted molar refractivity (Wildman–Crippen MR) is 99.7 cm³/mol. The molecule has 1 heterocycles. The van der Waals surface area contributed by atoms with Crippen LogP contribution in [-0.2, 0) is 32.8 Å². The lowest BCUT2D eigenvalue weighted by Gasteiger charge is -2.19. The van der Waals surface area contributed by atoms with Crippen molar-refractivity contribution in [1.82, 2.24) is 13.9 Å². The normalized spacial score (nSPS) is 12.8. The summed E-state index contributed by atoms with van der Waals surface area (Å²) in [6.07, 6.45) is -6.21. The van der Waals surface area contributed by atoms with Gasteiger partial charge in [0.15, 0.2) is 6.10 Å². The zero-order valence-electron chi connectivity index (χ0n) is 16.5. The topological polar surface area (TPSA) is 140 Å². The second-order valence-corrected chi connectivity index (χ2v) is 8.15. The van der Waals surface area contributed by atoms with E-state index >= 15 is 0 Å². The number of carbonyl (C=O) groups excluding carboxylic acids is 1. The number of carbonyl (C=O) groups is 1. The predicted octanol–water partition coefficient (Wildman–Crippen LogP) is 0.329. The molecule has 0 aliphatic heterocycles. The molecule has 2 aromatic rings. The second-order valence-electron chi connectivity index (χ2n) is 6.40. The van der Waals surface area contributed by atoms with Gasteiger partial charge in [0, 0.05) is 25.8 Å². The van der Waals surface area contributed by atoms with Gasteiger partial charge in [-0.15, -0.1) is 0 Å². The van der Waals surface area contributed by atoms with Gasteiger partial charge >= 0.3 is 11.9 Å². The maximum atomic E-state index is 14.7. The summed E-state index contributed by atoms with van der Waals surface area (Å²) in [4.78, 5) is 37.0. The first kappa shape index (κ1) is 24.8. The highest BCUT2D eigenvalue weighted by Crippen LogP contribution is 2.28. The van der Waals surface area contributed by atoms with Crippen molar-refractivity contribution in [3.63, 3.8) is 0 Å². The Bertz CT molecular complexity index is 1360. The fraction of sp³-hybridized carbons (Fsp3) is 0.294. The number of nitriles is 1. The standard InChI is InChI=1S/C17H14F4N4O6S/c1-24-12(17(19,20)21)6-13(26)25(16(24)28)11-5-9(8(7-22)4-10(11)18)14(31-2)15(27)23-32(3,29)30/h4-6,14H,1-3H3,(H,23,27). The van der Waals surface area contributed by atoms with Gasteiger partial charge in [0.2, 0.25) is 10.0 Å². The SMILES string of the molecule is COC(C(=O)NS(C)(=O)=O)c1cc(-n2c(=O)cc(C(F)(F)F)n(C)c2=O)c(F)cc1C#N. The Morgan fingerprint density at radius 2 is 1.84 bits per heavy atom. The molecule has 0 bridgehead atoms. The number of methoxy groups -OCH3 is 1. The van der Waals surface area contributed by atoms with Gasteiger partial charge in [-0.3, -0.25) is 18.9 Å². The van der Waals surface area contributed by atoms with Crippen molar-refractivity contribution < 1.29 is 35.5 Å². The summed E-state index contributed by atoms with van der Waals surface area (Å²) in [5.74, 6) is -2.63. The molecule has 1 atom stereocenters. The van der Waals surface area contributed by atoms with Crippen LogP contribution in [0.5, 0.6) is 0 Å². The molecule has 0 radical (unpaired) electrons. The van der Waals surface area contributed by atoms with Gasteiger partial charge in [-0.2, -0.15) is 18.4 Å². The van der Waals surface area contributed by atoms with Gasteiger partial charge in [0.25, 0.3) is 11.5 Å². The number of hydrogen-bond acceptors (Lipinski definition) is 7. The number of sulfonamides is 1. The molecule has 0 saturated carbocycles. The number of alkyl halides is 3. The number of aromatic nitrogens is 2. The van der Waals surface area contributed by atoms with E-state index in [1.807, 2.05) is 0 Å². The quantitative estimate of drug-likeness (QED) is 0.611. The maximum Gasteiger partial charge on any atom is 0.431 e. The van der Waals surface area contributed by atoms with Gasteiger partial charge < -0.3 is 4.74 Å². The summed E-state index contributed by atoms with van der Waals surface area (Å²) in [6, 6.07) is 2.81. The molecule has 0 aliphatic carbocycles. The number of benzene rings is 1. The van der Waals surface area contributed by atoms with E-state index < -0.39 is 67.8 Å². The number of nitrogens with zero attached hydrogens (tertiary/aromatic N) is 3. The van der Waals surface area contributed by atoms with E-state index in [0.29, 0.717) is 25.4 Å². The van der Waals surface area contributed by atoms with Crippen molar-refractivity contribution in [2.24, 2.45) is 7.05 Å². The molecule has 2 rings (SSSR count). The Morgan fingerprint density at radius 3 is 2.31 bits per heavy atom. The van der Waals surface area contributed by atoms with Crippen molar-refractivity contribution in [2.45, 2.75) is 12.3 Å². The van der Waals surface area contributed by atoms with Crippen LogP contribution in [0.2, 0.25) is 0 Å². The minimum absolute atomic E-state index is 0.0659. The van der Waals surface area contributed by atoms with Crippen molar-refractivity contribution >= 4 is 15.9 Å². The number of hydrogen-bond donors (Lipinski definition) is 1. The Morgan fingerprint density at radius 1 is 1.25 bits per heavy atom. The Balaban J connectivity index is 2.83. The molecule has 1 aromatic carbocycles. The van der Waals surface area contributed by atoms with Crippen molar-refractivity contribution in [3.05, 3.63) is 61.7 Å². The van der Waals surface area contributed by atoms with Crippen LogP contribution in [0.1, 0.15) is 22.9 Å². The zero-order valence-corrected chi connectivity index (χ0v) is 17.3. The Hall–Kier alpha value is -3.51. The molecule has 32 heavy (non-hydrogen) atoms. The summed E-state index contributed by atoms with van der Waals surface area (Å²) in [5, 5.41) is 9.26. The number of rotatable bonds is 5. The second kappa shape index (κ2) is 8.55. The Kier molecular flexibility index (Phi) is 6.62. The minimum atomic E-state index is -5.05. The molecular formula is C17H14F4N4O6S. The first-order chi connectivity index (χ1) is 14.6. The lowest BCUT2D eigenvalue weighted by molar-refractivity contribution is -0.144. The van der Waals surface area contributed by atoms with Crippen LogP contribution < -0.4 is 16.0 Å². The fourth-order valence-electron chi connectivity index (χ4n) is 2.79. The number of nitrogens with one attached hydrogen (secondary N) is 1. The summed E-state index contributed by atoms with van der Waals surface area (Å²) >= 11 is 0. The molecule has 15 heteroatoms. The average molecular weight is 478 g/mol. The van der Waals surface area contributed by atoms with Gasteiger partial charge in [0.05, 0.1) is 23.6 Å². The van der Waals surface area contributed by atoms with Gasteiger partial charge in [-0.05, 0) is 12.1 Å². The monoisotopic (exact) mass is 478 g/mol. The van der Waals surface area contributed by atoms with Crippen LogP contribution >= 0.6 is 0 Å². The first-order valence-corrected chi connectivity index (χ1v) is 10.2. The van der Waals surface area contributed by atoms with Crippen LogP contribution in [0, 0.1) is 17.1 Å². The summed E-state index contributed by atoms with van der Waals surface area (Å²) < 4.78 is 83.1. The third kappa shape index (κ3) is 4.86. The highest BCUT2D eigenvalue weighted by Gasteiger charge is 2.35. The van der Waals surface area contributed by atoms with E-state index in [4.69, 9.17) is 4.74 Å². The molecule has 0 spiro atoms. The average Bonchev–Trinajstić information content (AvgIpc) is 2.64. The van der Waals surface area contributed by atoms with Gasteiger partial charge in [0.1, 0.15) is 11.5 Å². The van der Waals surface area contributed by atoms with E-state index in [9.17, 15) is 45.6 Å². The molecule has 1 unspecified atom stereocenters. The highest BCUT2D eigenvalue weighted by atomic mass is 32.2. The molecule has 10 nitrogen and oxygen atoms in total. The summed E-state index contributed by atoms with van der Waals surface area (Å²) in [6.45, 7) is 0. The molecule has 1 amide bonds. The molecule has 0 fully saturated rings. The molecule has 1 N–H and O–H groups in total. The van der Waals surface area contributed by atoms with Crippen molar-refractivity contribution in [1.29, 1.82) is 5.26 Å². The first-order valence-electron chi connectivity index (χ1n) is 8.31. The third-order valence-electron chi connectivity index (χ3n) is 4.13. The number of ether oxygens (including phenoxy) is 1.